The predicted octanol–water partition coefficient (Wildman–Crippen LogP) is 1.92. The van der Waals surface area contributed by atoms with Gasteiger partial charge in [-0.3, -0.25) is 0 Å². The zero-order valence-electron chi connectivity index (χ0n) is 13.3. The molecule has 2 aromatic rings. The molecule has 0 radical (unpaired) electrons. The van der Waals surface area contributed by atoms with Crippen LogP contribution >= 0.6 is 11.3 Å². The first-order valence-corrected chi connectivity index (χ1v) is 9.16. The lowest BCUT2D eigenvalue weighted by molar-refractivity contribution is 0.188. The van der Waals surface area contributed by atoms with Crippen molar-refractivity contribution in [3.63, 3.8) is 0 Å². The van der Waals surface area contributed by atoms with Crippen LogP contribution in [0.3, 0.4) is 0 Å². The van der Waals surface area contributed by atoms with E-state index in [9.17, 15) is 4.79 Å². The summed E-state index contributed by atoms with van der Waals surface area (Å²) in [6, 6.07) is 1.88. The third kappa shape index (κ3) is 3.33. The fourth-order valence-corrected chi connectivity index (χ4v) is 3.77. The van der Waals surface area contributed by atoms with Gasteiger partial charge in [0, 0.05) is 50.1 Å². The quantitative estimate of drug-likeness (QED) is 0.917. The van der Waals surface area contributed by atoms with Crippen LogP contribution in [-0.2, 0) is 0 Å². The summed E-state index contributed by atoms with van der Waals surface area (Å²) in [6.45, 7) is 2.87. The summed E-state index contributed by atoms with van der Waals surface area (Å²) in [7, 11) is 0. The average molecular weight is 344 g/mol. The lowest BCUT2D eigenvalue weighted by Crippen LogP contribution is -2.52. The number of anilines is 1. The molecule has 0 unspecified atom stereocenters. The summed E-state index contributed by atoms with van der Waals surface area (Å²) in [5, 5.41) is 6.17. The van der Waals surface area contributed by atoms with E-state index in [0.29, 0.717) is 19.0 Å². The van der Waals surface area contributed by atoms with Crippen LogP contribution in [0.5, 0.6) is 0 Å². The van der Waals surface area contributed by atoms with Crippen molar-refractivity contribution in [3.05, 3.63) is 35.0 Å². The van der Waals surface area contributed by atoms with Crippen LogP contribution in [0.4, 0.5) is 10.7 Å². The molecule has 1 saturated heterocycles. The van der Waals surface area contributed by atoms with Crippen LogP contribution in [0.1, 0.15) is 23.9 Å². The molecule has 1 atom stereocenters. The standard InChI is InChI=1S/C16H20N6OS/c23-16(20-13(12-2-3-12)14-17-6-11-24-14)22-9-7-21(8-10-22)15-18-4-1-5-19-15/h1,4-6,11-13H,2-3,7-10H2,(H,20,23)/t13-/m1/s1. The molecule has 2 fully saturated rings. The van der Waals surface area contributed by atoms with Gasteiger partial charge < -0.3 is 15.1 Å². The van der Waals surface area contributed by atoms with Crippen LogP contribution in [0.2, 0.25) is 0 Å². The van der Waals surface area contributed by atoms with Crippen LogP contribution < -0.4 is 10.2 Å². The second kappa shape index (κ2) is 6.72. The van der Waals surface area contributed by atoms with E-state index in [1.165, 1.54) is 12.8 Å². The molecule has 1 aliphatic carbocycles. The van der Waals surface area contributed by atoms with E-state index in [-0.39, 0.29) is 12.1 Å². The van der Waals surface area contributed by atoms with Crippen molar-refractivity contribution in [1.29, 1.82) is 0 Å². The Balaban J connectivity index is 1.34. The van der Waals surface area contributed by atoms with Crippen molar-refractivity contribution in [2.45, 2.75) is 18.9 Å². The topological polar surface area (TPSA) is 74.2 Å². The second-order valence-electron chi connectivity index (χ2n) is 6.16. The summed E-state index contributed by atoms with van der Waals surface area (Å²) in [5.41, 5.74) is 0. The number of rotatable bonds is 4. The number of carbonyl (C=O) groups is 1. The monoisotopic (exact) mass is 344 g/mol. The maximum Gasteiger partial charge on any atom is 0.318 e. The van der Waals surface area contributed by atoms with Gasteiger partial charge in [-0.15, -0.1) is 11.3 Å². The SMILES string of the molecule is O=C(N[C@@H](c1nccs1)C1CC1)N1CCN(c2ncccn2)CC1. The molecule has 24 heavy (non-hydrogen) atoms. The number of urea groups is 1. The Bertz CT molecular complexity index is 667. The van der Waals surface area contributed by atoms with Gasteiger partial charge in [0.2, 0.25) is 5.95 Å². The zero-order valence-corrected chi connectivity index (χ0v) is 14.2. The number of hydrogen-bond acceptors (Lipinski definition) is 6. The largest absolute Gasteiger partial charge is 0.337 e. The smallest absolute Gasteiger partial charge is 0.318 e. The van der Waals surface area contributed by atoms with Gasteiger partial charge in [-0.2, -0.15) is 0 Å². The van der Waals surface area contributed by atoms with Crippen molar-refractivity contribution in [2.24, 2.45) is 5.92 Å². The number of thiazole rings is 1. The van der Waals surface area contributed by atoms with Gasteiger partial charge in [0.15, 0.2) is 0 Å². The minimum Gasteiger partial charge on any atom is -0.337 e. The molecule has 0 aromatic carbocycles. The zero-order chi connectivity index (χ0) is 16.4. The number of carbonyl (C=O) groups excluding carboxylic acids is 1. The molecular formula is C16H20N6OS. The van der Waals surface area contributed by atoms with Crippen molar-refractivity contribution in [3.8, 4) is 0 Å². The van der Waals surface area contributed by atoms with Crippen molar-refractivity contribution in [2.75, 3.05) is 31.1 Å². The lowest BCUT2D eigenvalue weighted by Gasteiger charge is -2.35. The van der Waals surface area contributed by atoms with Gasteiger partial charge in [0.05, 0.1) is 6.04 Å². The highest BCUT2D eigenvalue weighted by Crippen LogP contribution is 2.41. The van der Waals surface area contributed by atoms with E-state index in [1.807, 2.05) is 16.3 Å². The fraction of sp³-hybridized carbons (Fsp3) is 0.500. The molecule has 1 saturated carbocycles. The Morgan fingerprint density at radius 1 is 1.12 bits per heavy atom. The molecule has 2 aromatic heterocycles. The van der Waals surface area contributed by atoms with E-state index in [0.717, 1.165) is 24.0 Å². The number of nitrogens with zero attached hydrogens (tertiary/aromatic N) is 5. The molecule has 0 bridgehead atoms. The number of hydrogen-bond donors (Lipinski definition) is 1. The van der Waals surface area contributed by atoms with E-state index in [2.05, 4.69) is 25.2 Å². The predicted molar refractivity (Wildman–Crippen MR) is 91.9 cm³/mol. The normalized spacial score (nSPS) is 19.2. The minimum absolute atomic E-state index is 0.00994. The Morgan fingerprint density at radius 3 is 2.50 bits per heavy atom. The summed E-state index contributed by atoms with van der Waals surface area (Å²) in [6.07, 6.45) is 7.64. The van der Waals surface area contributed by atoms with E-state index in [4.69, 9.17) is 0 Å². The average Bonchev–Trinajstić information content (AvgIpc) is 3.34. The highest BCUT2D eigenvalue weighted by molar-refractivity contribution is 7.09. The van der Waals surface area contributed by atoms with Gasteiger partial charge in [0.25, 0.3) is 0 Å². The van der Waals surface area contributed by atoms with Crippen LogP contribution in [-0.4, -0.2) is 52.1 Å². The van der Waals surface area contributed by atoms with E-state index < -0.39 is 0 Å². The van der Waals surface area contributed by atoms with Crippen LogP contribution in [0.25, 0.3) is 0 Å². The number of nitrogens with one attached hydrogen (secondary N) is 1. The Kier molecular flexibility index (Phi) is 4.29. The molecule has 2 aliphatic rings. The maximum absolute atomic E-state index is 12.6. The molecular weight excluding hydrogens is 324 g/mol. The highest BCUT2D eigenvalue weighted by Gasteiger charge is 2.36. The molecule has 2 amide bonds. The van der Waals surface area contributed by atoms with Gasteiger partial charge in [-0.05, 0) is 24.8 Å². The van der Waals surface area contributed by atoms with Gasteiger partial charge in [-0.1, -0.05) is 0 Å². The number of amides is 2. The molecule has 1 N–H and O–H groups in total. The lowest BCUT2D eigenvalue weighted by atomic mass is 10.2. The number of piperazine rings is 1. The minimum atomic E-state index is 0.00994. The van der Waals surface area contributed by atoms with Gasteiger partial charge in [0.1, 0.15) is 5.01 Å². The first-order valence-electron chi connectivity index (χ1n) is 8.28. The van der Waals surface area contributed by atoms with Crippen molar-refractivity contribution in [1.82, 2.24) is 25.2 Å². The summed E-state index contributed by atoms with van der Waals surface area (Å²) in [4.78, 5) is 29.6. The first kappa shape index (κ1) is 15.3. The highest BCUT2D eigenvalue weighted by atomic mass is 32.1. The first-order chi connectivity index (χ1) is 11.8. The summed E-state index contributed by atoms with van der Waals surface area (Å²) < 4.78 is 0. The number of aromatic nitrogens is 3. The van der Waals surface area contributed by atoms with E-state index >= 15 is 0 Å². The fourth-order valence-electron chi connectivity index (χ4n) is 2.99. The Morgan fingerprint density at radius 2 is 1.88 bits per heavy atom. The summed E-state index contributed by atoms with van der Waals surface area (Å²) in [5.74, 6) is 1.27. The molecule has 8 heteroatoms. The second-order valence-corrected chi connectivity index (χ2v) is 7.08. The molecule has 7 nitrogen and oxygen atoms in total. The van der Waals surface area contributed by atoms with Crippen molar-refractivity contribution < 1.29 is 4.79 Å². The van der Waals surface area contributed by atoms with Crippen molar-refractivity contribution >= 4 is 23.3 Å². The molecule has 4 rings (SSSR count). The molecule has 0 spiro atoms. The van der Waals surface area contributed by atoms with E-state index in [1.54, 1.807) is 29.9 Å². The van der Waals surface area contributed by atoms with Crippen LogP contribution in [0.15, 0.2) is 30.0 Å². The maximum atomic E-state index is 12.6. The third-order valence-electron chi connectivity index (χ3n) is 4.49. The third-order valence-corrected chi connectivity index (χ3v) is 5.35. The Hall–Kier alpha value is -2.22. The molecule has 126 valence electrons. The van der Waals surface area contributed by atoms with Gasteiger partial charge >= 0.3 is 6.03 Å². The van der Waals surface area contributed by atoms with Crippen LogP contribution in [0, 0.1) is 5.92 Å². The molecule has 3 heterocycles. The Labute approximate surface area is 144 Å². The molecule has 1 aliphatic heterocycles. The summed E-state index contributed by atoms with van der Waals surface area (Å²) >= 11 is 1.62. The van der Waals surface area contributed by atoms with Gasteiger partial charge in [-0.25, -0.2) is 19.7 Å².